The second kappa shape index (κ2) is 2.61. The van der Waals surface area contributed by atoms with Crippen molar-refractivity contribution in [2.24, 2.45) is 0 Å². The van der Waals surface area contributed by atoms with Crippen molar-refractivity contribution >= 4 is 19.4 Å². The molecule has 0 saturated heterocycles. The van der Waals surface area contributed by atoms with E-state index in [0.717, 1.165) is 11.0 Å². The van der Waals surface area contributed by atoms with Crippen molar-refractivity contribution in [2.45, 2.75) is 0 Å². The molecular weight excluding hydrogens is 123 g/mol. The molecule has 1 aromatic carbocycles. The third kappa shape index (κ3) is 1.21. The van der Waals surface area contributed by atoms with Gasteiger partial charge in [-0.2, -0.15) is 0 Å². The summed E-state index contributed by atoms with van der Waals surface area (Å²) >= 11 is 0. The molecule has 1 N–H and O–H groups in total. The van der Waals surface area contributed by atoms with Gasteiger partial charge in [-0.25, -0.2) is 0 Å². The molecule has 10 heavy (non-hydrogen) atoms. The first-order valence-corrected chi connectivity index (χ1v) is 3.16. The summed E-state index contributed by atoms with van der Waals surface area (Å²) in [5, 5.41) is 9.16. The van der Waals surface area contributed by atoms with Gasteiger partial charge in [0, 0.05) is 5.56 Å². The van der Waals surface area contributed by atoms with E-state index in [1.807, 2.05) is 20.0 Å². The molecule has 0 aliphatic carbocycles. The number of aromatic hydroxyl groups is 1. The third-order valence-corrected chi connectivity index (χ3v) is 1.40. The molecule has 0 heterocycles. The van der Waals surface area contributed by atoms with Crippen molar-refractivity contribution in [3.8, 4) is 5.75 Å². The summed E-state index contributed by atoms with van der Waals surface area (Å²) in [4.78, 5) is 0. The van der Waals surface area contributed by atoms with Crippen LogP contribution in [-0.2, 0) is 0 Å². The van der Waals surface area contributed by atoms with Crippen LogP contribution in [0.1, 0.15) is 5.56 Å². The first-order chi connectivity index (χ1) is 4.74. The predicted octanol–water partition coefficient (Wildman–Crippen LogP) is 0.294. The van der Waals surface area contributed by atoms with Gasteiger partial charge in [0.2, 0.25) is 0 Å². The van der Waals surface area contributed by atoms with Crippen molar-refractivity contribution in [1.82, 2.24) is 0 Å². The Bertz CT molecular complexity index is 255. The van der Waals surface area contributed by atoms with Gasteiger partial charge >= 0.3 is 0 Å². The molecular formula is C8H9BO. The van der Waals surface area contributed by atoms with Crippen LogP contribution in [0.15, 0.2) is 24.8 Å². The van der Waals surface area contributed by atoms with E-state index in [1.165, 1.54) is 0 Å². The van der Waals surface area contributed by atoms with Gasteiger partial charge in [0.25, 0.3) is 0 Å². The van der Waals surface area contributed by atoms with Crippen LogP contribution in [0.2, 0.25) is 0 Å². The topological polar surface area (TPSA) is 20.2 Å². The lowest BCUT2D eigenvalue weighted by atomic mass is 9.94. The highest BCUT2D eigenvalue weighted by atomic mass is 16.3. The molecule has 0 radical (unpaired) electrons. The van der Waals surface area contributed by atoms with Gasteiger partial charge < -0.3 is 5.11 Å². The fourth-order valence-corrected chi connectivity index (χ4v) is 0.837. The SMILES string of the molecule is Bc1ccc(O)c(C=C)c1. The number of hydrogen-bond donors (Lipinski definition) is 1. The Morgan fingerprint density at radius 3 is 2.70 bits per heavy atom. The van der Waals surface area contributed by atoms with Crippen molar-refractivity contribution in [1.29, 1.82) is 0 Å². The summed E-state index contributed by atoms with van der Waals surface area (Å²) < 4.78 is 0. The van der Waals surface area contributed by atoms with Gasteiger partial charge in [-0.3, -0.25) is 0 Å². The molecule has 0 spiro atoms. The molecule has 0 bridgehead atoms. The lowest BCUT2D eigenvalue weighted by Crippen LogP contribution is -2.00. The molecule has 0 unspecified atom stereocenters. The summed E-state index contributed by atoms with van der Waals surface area (Å²) in [6.07, 6.45) is 1.64. The lowest BCUT2D eigenvalue weighted by Gasteiger charge is -1.98. The maximum absolute atomic E-state index is 9.16. The zero-order valence-electron chi connectivity index (χ0n) is 5.96. The van der Waals surface area contributed by atoms with E-state index in [-0.39, 0.29) is 0 Å². The molecule has 50 valence electrons. The predicted molar refractivity (Wildman–Crippen MR) is 46.4 cm³/mol. The maximum atomic E-state index is 9.16. The molecule has 1 aromatic rings. The summed E-state index contributed by atoms with van der Waals surface area (Å²) in [6.45, 7) is 3.57. The fraction of sp³-hybridized carbons (Fsp3) is 0. The minimum Gasteiger partial charge on any atom is -0.507 e. The van der Waals surface area contributed by atoms with E-state index in [1.54, 1.807) is 12.1 Å². The van der Waals surface area contributed by atoms with Crippen LogP contribution in [0.5, 0.6) is 5.75 Å². The maximum Gasteiger partial charge on any atom is 0.139 e. The Morgan fingerprint density at radius 1 is 1.50 bits per heavy atom. The van der Waals surface area contributed by atoms with E-state index in [4.69, 9.17) is 5.11 Å². The van der Waals surface area contributed by atoms with Gasteiger partial charge in [0.05, 0.1) is 0 Å². The molecule has 1 rings (SSSR count). The molecule has 0 aliphatic rings. The highest BCUT2D eigenvalue weighted by Crippen LogP contribution is 2.14. The van der Waals surface area contributed by atoms with Crippen molar-refractivity contribution in [3.63, 3.8) is 0 Å². The first kappa shape index (κ1) is 6.94. The monoisotopic (exact) mass is 132 g/mol. The van der Waals surface area contributed by atoms with Gasteiger partial charge in [-0.15, -0.1) is 0 Å². The third-order valence-electron chi connectivity index (χ3n) is 1.40. The molecule has 2 heteroatoms. The minimum absolute atomic E-state index is 0.292. The van der Waals surface area contributed by atoms with E-state index in [2.05, 4.69) is 6.58 Å². The Kier molecular flexibility index (Phi) is 1.81. The average molecular weight is 132 g/mol. The fourth-order valence-electron chi connectivity index (χ4n) is 0.837. The normalized spacial score (nSPS) is 9.20. The Balaban J connectivity index is 3.21. The summed E-state index contributed by atoms with van der Waals surface area (Å²) in [5.74, 6) is 0.292. The van der Waals surface area contributed by atoms with Crippen molar-refractivity contribution in [3.05, 3.63) is 30.3 Å². The Hall–Kier alpha value is -1.18. The average Bonchev–Trinajstić information content (AvgIpc) is 1.94. The van der Waals surface area contributed by atoms with E-state index < -0.39 is 0 Å². The van der Waals surface area contributed by atoms with E-state index in [9.17, 15) is 0 Å². The van der Waals surface area contributed by atoms with Crippen LogP contribution in [0.3, 0.4) is 0 Å². The van der Waals surface area contributed by atoms with Gasteiger partial charge in [-0.05, 0) is 6.07 Å². The Morgan fingerprint density at radius 2 is 2.20 bits per heavy atom. The quantitative estimate of drug-likeness (QED) is 0.544. The summed E-state index contributed by atoms with van der Waals surface area (Å²) in [7, 11) is 1.98. The molecule has 1 nitrogen and oxygen atoms in total. The zero-order valence-corrected chi connectivity index (χ0v) is 5.96. The first-order valence-electron chi connectivity index (χ1n) is 3.16. The zero-order chi connectivity index (χ0) is 7.56. The van der Waals surface area contributed by atoms with Gasteiger partial charge in [0.1, 0.15) is 13.6 Å². The van der Waals surface area contributed by atoms with Gasteiger partial charge in [0.15, 0.2) is 0 Å². The molecule has 0 aliphatic heterocycles. The smallest absolute Gasteiger partial charge is 0.139 e. The van der Waals surface area contributed by atoms with E-state index in [0.29, 0.717) is 5.75 Å². The molecule has 0 fully saturated rings. The van der Waals surface area contributed by atoms with Crippen LogP contribution in [0.25, 0.3) is 6.08 Å². The number of phenolic OH excluding ortho intramolecular Hbond substituents is 1. The molecule has 0 amide bonds. The van der Waals surface area contributed by atoms with Crippen molar-refractivity contribution in [2.75, 3.05) is 0 Å². The van der Waals surface area contributed by atoms with Crippen LogP contribution >= 0.6 is 0 Å². The van der Waals surface area contributed by atoms with Gasteiger partial charge in [-0.1, -0.05) is 30.3 Å². The lowest BCUT2D eigenvalue weighted by molar-refractivity contribution is 0.474. The largest absolute Gasteiger partial charge is 0.507 e. The van der Waals surface area contributed by atoms with Crippen LogP contribution in [0.4, 0.5) is 0 Å². The van der Waals surface area contributed by atoms with Crippen LogP contribution in [-0.4, -0.2) is 13.0 Å². The molecule has 0 aromatic heterocycles. The van der Waals surface area contributed by atoms with E-state index >= 15 is 0 Å². The highest BCUT2D eigenvalue weighted by molar-refractivity contribution is 6.32. The molecule has 0 saturated carbocycles. The van der Waals surface area contributed by atoms with Crippen LogP contribution in [0, 0.1) is 0 Å². The highest BCUT2D eigenvalue weighted by Gasteiger charge is 1.93. The second-order valence-corrected chi connectivity index (χ2v) is 2.27. The minimum atomic E-state index is 0.292. The number of phenols is 1. The molecule has 0 atom stereocenters. The van der Waals surface area contributed by atoms with Crippen molar-refractivity contribution < 1.29 is 5.11 Å². The number of benzene rings is 1. The number of rotatable bonds is 1. The Labute approximate surface area is 61.4 Å². The summed E-state index contributed by atoms with van der Waals surface area (Å²) in [6, 6.07) is 5.43. The number of hydrogen-bond acceptors (Lipinski definition) is 1. The summed E-state index contributed by atoms with van der Waals surface area (Å²) in [5.41, 5.74) is 1.92. The standard InChI is InChI=1S/C8H9BO/c1-2-6-5-7(9)3-4-8(6)10/h2-5,10H,1,9H2. The second-order valence-electron chi connectivity index (χ2n) is 2.27. The van der Waals surface area contributed by atoms with Crippen LogP contribution < -0.4 is 5.46 Å².